The Bertz CT molecular complexity index is 323. The van der Waals surface area contributed by atoms with Crippen LogP contribution in [0.4, 0.5) is 0 Å². The number of allylic oxidation sites excluding steroid dienone is 1. The van der Waals surface area contributed by atoms with E-state index in [1.807, 2.05) is 0 Å². The first-order chi connectivity index (χ1) is 5.45. The molecule has 0 heteroatoms. The average molecular weight is 142 g/mol. The standard InChI is InChI=1S/C11H10/c1-2-4-10-8(3-1)5-6-9-7-11(9)10/h1-6,9,11H,7H2. The van der Waals surface area contributed by atoms with E-state index in [2.05, 4.69) is 36.4 Å². The third-order valence-electron chi connectivity index (χ3n) is 2.76. The molecule has 2 atom stereocenters. The topological polar surface area (TPSA) is 0 Å². The molecule has 1 saturated carbocycles. The first-order valence-electron chi connectivity index (χ1n) is 4.22. The quantitative estimate of drug-likeness (QED) is 0.522. The molecule has 1 aromatic rings. The Morgan fingerprint density at radius 2 is 2.09 bits per heavy atom. The van der Waals surface area contributed by atoms with E-state index in [4.69, 9.17) is 0 Å². The van der Waals surface area contributed by atoms with Crippen LogP contribution in [0.5, 0.6) is 0 Å². The molecule has 0 saturated heterocycles. The first-order valence-corrected chi connectivity index (χ1v) is 4.22. The van der Waals surface area contributed by atoms with Gasteiger partial charge in [0.15, 0.2) is 0 Å². The first kappa shape index (κ1) is 5.59. The van der Waals surface area contributed by atoms with E-state index >= 15 is 0 Å². The second-order valence-corrected chi connectivity index (χ2v) is 3.49. The minimum Gasteiger partial charge on any atom is -0.0802 e. The molecule has 0 aromatic heterocycles. The van der Waals surface area contributed by atoms with E-state index in [0.29, 0.717) is 0 Å². The Hall–Kier alpha value is -1.04. The number of hydrogen-bond donors (Lipinski definition) is 0. The Morgan fingerprint density at radius 1 is 1.18 bits per heavy atom. The fourth-order valence-corrected chi connectivity index (χ4v) is 2.01. The van der Waals surface area contributed by atoms with Crippen molar-refractivity contribution in [2.24, 2.45) is 5.92 Å². The molecule has 0 heterocycles. The average Bonchev–Trinajstić information content (AvgIpc) is 2.83. The van der Waals surface area contributed by atoms with Gasteiger partial charge in [-0.15, -0.1) is 0 Å². The summed E-state index contributed by atoms with van der Waals surface area (Å²) in [6.45, 7) is 0. The van der Waals surface area contributed by atoms with E-state index in [1.54, 1.807) is 5.56 Å². The smallest absolute Gasteiger partial charge is 0.00869 e. The van der Waals surface area contributed by atoms with Crippen LogP contribution in [0.15, 0.2) is 30.3 Å². The lowest BCUT2D eigenvalue weighted by Gasteiger charge is -2.07. The lowest BCUT2D eigenvalue weighted by Crippen LogP contribution is -1.90. The van der Waals surface area contributed by atoms with Crippen LogP contribution >= 0.6 is 0 Å². The van der Waals surface area contributed by atoms with Gasteiger partial charge in [-0.3, -0.25) is 0 Å². The Kier molecular flexibility index (Phi) is 0.894. The molecule has 0 N–H and O–H groups in total. The van der Waals surface area contributed by atoms with Crippen molar-refractivity contribution in [1.29, 1.82) is 0 Å². The van der Waals surface area contributed by atoms with Crippen molar-refractivity contribution >= 4 is 6.08 Å². The molecule has 0 amide bonds. The molecular weight excluding hydrogens is 132 g/mol. The lowest BCUT2D eigenvalue weighted by molar-refractivity contribution is 0.996. The normalized spacial score (nSPS) is 30.9. The Labute approximate surface area is 66.6 Å². The highest BCUT2D eigenvalue weighted by molar-refractivity contribution is 5.60. The number of fused-ring (bicyclic) bond motifs is 3. The fourth-order valence-electron chi connectivity index (χ4n) is 2.01. The molecule has 1 aromatic carbocycles. The van der Waals surface area contributed by atoms with Gasteiger partial charge in [0.1, 0.15) is 0 Å². The predicted molar refractivity (Wildman–Crippen MR) is 46.3 cm³/mol. The molecule has 3 rings (SSSR count). The van der Waals surface area contributed by atoms with E-state index in [0.717, 1.165) is 11.8 Å². The molecule has 0 spiro atoms. The third-order valence-corrected chi connectivity index (χ3v) is 2.76. The molecule has 2 unspecified atom stereocenters. The molecule has 54 valence electrons. The van der Waals surface area contributed by atoms with Crippen LogP contribution in [0.2, 0.25) is 0 Å². The highest BCUT2D eigenvalue weighted by Gasteiger charge is 2.38. The fraction of sp³-hybridized carbons (Fsp3) is 0.273. The second-order valence-electron chi connectivity index (χ2n) is 3.49. The third kappa shape index (κ3) is 0.697. The van der Waals surface area contributed by atoms with Crippen LogP contribution in [-0.2, 0) is 0 Å². The van der Waals surface area contributed by atoms with Crippen molar-refractivity contribution in [3.63, 3.8) is 0 Å². The second kappa shape index (κ2) is 1.76. The maximum Gasteiger partial charge on any atom is -0.00869 e. The van der Waals surface area contributed by atoms with E-state index in [1.165, 1.54) is 12.0 Å². The van der Waals surface area contributed by atoms with Crippen molar-refractivity contribution < 1.29 is 0 Å². The Morgan fingerprint density at radius 3 is 3.09 bits per heavy atom. The van der Waals surface area contributed by atoms with Crippen LogP contribution in [0, 0.1) is 5.92 Å². The summed E-state index contributed by atoms with van der Waals surface area (Å²) in [5, 5.41) is 0. The summed E-state index contributed by atoms with van der Waals surface area (Å²) in [4.78, 5) is 0. The monoisotopic (exact) mass is 142 g/mol. The van der Waals surface area contributed by atoms with Gasteiger partial charge in [0.25, 0.3) is 0 Å². The molecule has 0 bridgehead atoms. The van der Waals surface area contributed by atoms with Gasteiger partial charge < -0.3 is 0 Å². The molecule has 11 heavy (non-hydrogen) atoms. The van der Waals surface area contributed by atoms with Crippen LogP contribution in [-0.4, -0.2) is 0 Å². The Balaban J connectivity index is 2.24. The van der Waals surface area contributed by atoms with Crippen LogP contribution in [0.1, 0.15) is 23.5 Å². The number of hydrogen-bond acceptors (Lipinski definition) is 0. The molecule has 0 radical (unpaired) electrons. The van der Waals surface area contributed by atoms with Crippen molar-refractivity contribution in [2.75, 3.05) is 0 Å². The minimum atomic E-state index is 0.871. The summed E-state index contributed by atoms with van der Waals surface area (Å²) in [6.07, 6.45) is 6.00. The maximum absolute atomic E-state index is 2.35. The number of benzene rings is 1. The van der Waals surface area contributed by atoms with Gasteiger partial charge in [-0.1, -0.05) is 36.4 Å². The van der Waals surface area contributed by atoms with E-state index in [9.17, 15) is 0 Å². The molecule has 2 aliphatic rings. The summed E-state index contributed by atoms with van der Waals surface area (Å²) in [6, 6.07) is 8.74. The van der Waals surface area contributed by atoms with E-state index < -0.39 is 0 Å². The van der Waals surface area contributed by atoms with Crippen molar-refractivity contribution in [3.8, 4) is 0 Å². The summed E-state index contributed by atoms with van der Waals surface area (Å²) >= 11 is 0. The van der Waals surface area contributed by atoms with Crippen molar-refractivity contribution in [2.45, 2.75) is 12.3 Å². The van der Waals surface area contributed by atoms with Gasteiger partial charge >= 0.3 is 0 Å². The number of rotatable bonds is 0. The van der Waals surface area contributed by atoms with E-state index in [-0.39, 0.29) is 0 Å². The molecular formula is C11H10. The summed E-state index contributed by atoms with van der Waals surface area (Å²) in [7, 11) is 0. The van der Waals surface area contributed by atoms with Gasteiger partial charge in [-0.05, 0) is 29.4 Å². The van der Waals surface area contributed by atoms with Gasteiger partial charge in [0.2, 0.25) is 0 Å². The zero-order chi connectivity index (χ0) is 7.26. The molecule has 2 aliphatic carbocycles. The molecule has 0 nitrogen and oxygen atoms in total. The largest absolute Gasteiger partial charge is 0.0802 e. The SMILES string of the molecule is C1=CC2CC2c2ccccc21. The summed E-state index contributed by atoms with van der Waals surface area (Å²) < 4.78 is 0. The lowest BCUT2D eigenvalue weighted by atomic mass is 9.98. The molecule has 1 fully saturated rings. The summed E-state index contributed by atoms with van der Waals surface area (Å²) in [5.74, 6) is 1.75. The van der Waals surface area contributed by atoms with Gasteiger partial charge in [0.05, 0.1) is 0 Å². The van der Waals surface area contributed by atoms with Crippen molar-refractivity contribution in [3.05, 3.63) is 41.5 Å². The molecule has 0 aliphatic heterocycles. The van der Waals surface area contributed by atoms with Gasteiger partial charge in [0, 0.05) is 0 Å². The van der Waals surface area contributed by atoms with Crippen LogP contribution < -0.4 is 0 Å². The predicted octanol–water partition coefficient (Wildman–Crippen LogP) is 2.82. The van der Waals surface area contributed by atoms with Gasteiger partial charge in [-0.25, -0.2) is 0 Å². The minimum absolute atomic E-state index is 0.871. The van der Waals surface area contributed by atoms with Crippen LogP contribution in [0.3, 0.4) is 0 Å². The zero-order valence-electron chi connectivity index (χ0n) is 6.33. The zero-order valence-corrected chi connectivity index (χ0v) is 6.33. The van der Waals surface area contributed by atoms with Crippen LogP contribution in [0.25, 0.3) is 6.08 Å². The van der Waals surface area contributed by atoms with Gasteiger partial charge in [-0.2, -0.15) is 0 Å². The maximum atomic E-state index is 2.35. The summed E-state index contributed by atoms with van der Waals surface area (Å²) in [5.41, 5.74) is 3.01. The highest BCUT2D eigenvalue weighted by Crippen LogP contribution is 2.52. The van der Waals surface area contributed by atoms with Crippen molar-refractivity contribution in [1.82, 2.24) is 0 Å². The highest BCUT2D eigenvalue weighted by atomic mass is 14.4.